The van der Waals surface area contributed by atoms with Crippen molar-refractivity contribution in [1.82, 2.24) is 14.7 Å². The third kappa shape index (κ3) is 5.71. The third-order valence-electron chi connectivity index (χ3n) is 5.65. The van der Waals surface area contributed by atoms with Gasteiger partial charge in [0.05, 0.1) is 13.0 Å². The number of likely N-dealkylation sites (N-methyl/N-ethyl adjacent to an activating group) is 1. The van der Waals surface area contributed by atoms with E-state index < -0.39 is 0 Å². The average molecular weight is 360 g/mol. The van der Waals surface area contributed by atoms with Gasteiger partial charge in [-0.1, -0.05) is 18.2 Å². The molecule has 5 heteroatoms. The van der Waals surface area contributed by atoms with Crippen LogP contribution in [0.2, 0.25) is 0 Å². The predicted molar refractivity (Wildman–Crippen MR) is 104 cm³/mol. The highest BCUT2D eigenvalue weighted by atomic mass is 16.5. The van der Waals surface area contributed by atoms with Gasteiger partial charge < -0.3 is 19.4 Å². The molecule has 0 spiro atoms. The first-order chi connectivity index (χ1) is 12.7. The number of ether oxygens (including phenoxy) is 1. The van der Waals surface area contributed by atoms with Gasteiger partial charge >= 0.3 is 0 Å². The van der Waals surface area contributed by atoms with Gasteiger partial charge in [0.25, 0.3) is 0 Å². The largest absolute Gasteiger partial charge is 0.493 e. The maximum absolute atomic E-state index is 12.7. The molecule has 0 bridgehead atoms. The molecule has 0 unspecified atom stereocenters. The Morgan fingerprint density at radius 1 is 1.08 bits per heavy atom. The number of para-hydroxylation sites is 1. The zero-order valence-electron chi connectivity index (χ0n) is 16.1. The van der Waals surface area contributed by atoms with E-state index in [-0.39, 0.29) is 5.91 Å². The molecule has 1 aromatic rings. The SMILES string of the molecule is CN1CCN(CC[C@@H]2CCCCN2C(=O)CCOc2ccccc2)CC1. The zero-order chi connectivity index (χ0) is 18.2. The van der Waals surface area contributed by atoms with Crippen molar-refractivity contribution in [3.8, 4) is 5.75 Å². The van der Waals surface area contributed by atoms with Gasteiger partial charge in [0.2, 0.25) is 5.91 Å². The second-order valence-electron chi connectivity index (χ2n) is 7.58. The van der Waals surface area contributed by atoms with Crippen molar-refractivity contribution >= 4 is 5.91 Å². The summed E-state index contributed by atoms with van der Waals surface area (Å²) in [5.74, 6) is 1.09. The number of piperidine rings is 1. The average Bonchev–Trinajstić information content (AvgIpc) is 2.68. The van der Waals surface area contributed by atoms with E-state index in [9.17, 15) is 4.79 Å². The van der Waals surface area contributed by atoms with Crippen LogP contribution in [0, 0.1) is 0 Å². The third-order valence-corrected chi connectivity index (χ3v) is 5.65. The smallest absolute Gasteiger partial charge is 0.226 e. The zero-order valence-corrected chi connectivity index (χ0v) is 16.1. The van der Waals surface area contributed by atoms with Crippen molar-refractivity contribution in [3.63, 3.8) is 0 Å². The molecule has 1 atom stereocenters. The van der Waals surface area contributed by atoms with Crippen molar-refractivity contribution in [2.45, 2.75) is 38.1 Å². The van der Waals surface area contributed by atoms with Crippen molar-refractivity contribution in [1.29, 1.82) is 0 Å². The highest BCUT2D eigenvalue weighted by molar-refractivity contribution is 5.76. The fraction of sp³-hybridized carbons (Fsp3) is 0.667. The van der Waals surface area contributed by atoms with E-state index in [0.717, 1.165) is 64.3 Å². The van der Waals surface area contributed by atoms with Crippen molar-refractivity contribution in [2.24, 2.45) is 0 Å². The van der Waals surface area contributed by atoms with Gasteiger partial charge in [0, 0.05) is 45.3 Å². The summed E-state index contributed by atoms with van der Waals surface area (Å²) < 4.78 is 5.71. The van der Waals surface area contributed by atoms with Crippen LogP contribution in [0.15, 0.2) is 30.3 Å². The summed E-state index contributed by atoms with van der Waals surface area (Å²) in [6.07, 6.45) is 5.11. The number of likely N-dealkylation sites (tertiary alicyclic amines) is 1. The topological polar surface area (TPSA) is 36.0 Å². The van der Waals surface area contributed by atoms with Gasteiger partial charge in [-0.2, -0.15) is 0 Å². The molecule has 1 amide bonds. The molecule has 2 heterocycles. The van der Waals surface area contributed by atoms with Gasteiger partial charge in [0.1, 0.15) is 5.75 Å². The van der Waals surface area contributed by atoms with Crippen molar-refractivity contribution in [3.05, 3.63) is 30.3 Å². The quantitative estimate of drug-likeness (QED) is 0.749. The van der Waals surface area contributed by atoms with E-state index in [4.69, 9.17) is 4.74 Å². The van der Waals surface area contributed by atoms with E-state index >= 15 is 0 Å². The summed E-state index contributed by atoms with van der Waals surface area (Å²) in [4.78, 5) is 19.8. The number of nitrogens with zero attached hydrogens (tertiary/aromatic N) is 3. The summed E-state index contributed by atoms with van der Waals surface area (Å²) in [6.45, 7) is 7.11. The number of piperazine rings is 1. The maximum Gasteiger partial charge on any atom is 0.226 e. The lowest BCUT2D eigenvalue weighted by molar-refractivity contribution is -0.135. The molecule has 0 aliphatic carbocycles. The van der Waals surface area contributed by atoms with Crippen LogP contribution >= 0.6 is 0 Å². The maximum atomic E-state index is 12.7. The Morgan fingerprint density at radius 2 is 1.85 bits per heavy atom. The molecule has 2 saturated heterocycles. The Labute approximate surface area is 157 Å². The van der Waals surface area contributed by atoms with Crippen LogP contribution in [0.3, 0.4) is 0 Å². The molecule has 26 heavy (non-hydrogen) atoms. The molecule has 2 aliphatic rings. The highest BCUT2D eigenvalue weighted by Gasteiger charge is 2.27. The van der Waals surface area contributed by atoms with Crippen LogP contribution < -0.4 is 4.74 Å². The second-order valence-corrected chi connectivity index (χ2v) is 7.58. The molecule has 0 aromatic heterocycles. The minimum atomic E-state index is 0.254. The Kier molecular flexibility index (Phi) is 7.32. The lowest BCUT2D eigenvalue weighted by Gasteiger charge is -2.38. The fourth-order valence-corrected chi connectivity index (χ4v) is 3.95. The van der Waals surface area contributed by atoms with Gasteiger partial charge in [-0.3, -0.25) is 4.79 Å². The lowest BCUT2D eigenvalue weighted by atomic mass is 9.98. The van der Waals surface area contributed by atoms with Gasteiger partial charge in [-0.25, -0.2) is 0 Å². The molecule has 1 aromatic carbocycles. The molecule has 2 aliphatic heterocycles. The van der Waals surface area contributed by atoms with Crippen LogP contribution in [0.5, 0.6) is 5.75 Å². The number of rotatable bonds is 7. The van der Waals surface area contributed by atoms with Crippen molar-refractivity contribution < 1.29 is 9.53 Å². The lowest BCUT2D eigenvalue weighted by Crippen LogP contribution is -2.48. The summed E-state index contributed by atoms with van der Waals surface area (Å²) in [7, 11) is 2.19. The molecule has 5 nitrogen and oxygen atoms in total. The molecular formula is C21H33N3O2. The van der Waals surface area contributed by atoms with Gasteiger partial charge in [0.15, 0.2) is 0 Å². The number of carbonyl (C=O) groups excluding carboxylic acids is 1. The minimum absolute atomic E-state index is 0.254. The van der Waals surface area contributed by atoms with E-state index in [0.29, 0.717) is 19.1 Å². The predicted octanol–water partition coefficient (Wildman–Crippen LogP) is 2.47. The fourth-order valence-electron chi connectivity index (χ4n) is 3.95. The summed E-state index contributed by atoms with van der Waals surface area (Å²) in [6, 6.07) is 10.2. The van der Waals surface area contributed by atoms with Crippen LogP contribution in [0.25, 0.3) is 0 Å². The van der Waals surface area contributed by atoms with E-state index in [1.807, 2.05) is 30.3 Å². The summed E-state index contributed by atoms with van der Waals surface area (Å²) >= 11 is 0. The molecule has 2 fully saturated rings. The molecule has 0 radical (unpaired) electrons. The number of hydrogen-bond donors (Lipinski definition) is 0. The Bertz CT molecular complexity index is 543. The Balaban J connectivity index is 1.42. The van der Waals surface area contributed by atoms with Gasteiger partial charge in [-0.05, 0) is 44.9 Å². The summed E-state index contributed by atoms with van der Waals surface area (Å²) in [5, 5.41) is 0. The standard InChI is InChI=1S/C21H33N3O2/c1-22-14-16-23(17-15-22)13-10-19-7-5-6-12-24(19)21(25)11-18-26-20-8-3-2-4-9-20/h2-4,8-9,19H,5-7,10-18H2,1H3/t19-/m0/s1. The Morgan fingerprint density at radius 3 is 2.62 bits per heavy atom. The van der Waals surface area contributed by atoms with Crippen LogP contribution in [0.4, 0.5) is 0 Å². The first-order valence-corrected chi connectivity index (χ1v) is 10.1. The van der Waals surface area contributed by atoms with E-state index in [2.05, 4.69) is 21.7 Å². The number of hydrogen-bond acceptors (Lipinski definition) is 4. The normalized spacial score (nSPS) is 22.3. The van der Waals surface area contributed by atoms with Crippen molar-refractivity contribution in [2.75, 3.05) is 52.9 Å². The highest BCUT2D eigenvalue weighted by Crippen LogP contribution is 2.21. The molecule has 3 rings (SSSR count). The van der Waals surface area contributed by atoms with Gasteiger partial charge in [-0.15, -0.1) is 0 Å². The first kappa shape index (κ1) is 19.2. The summed E-state index contributed by atoms with van der Waals surface area (Å²) in [5.41, 5.74) is 0. The first-order valence-electron chi connectivity index (χ1n) is 10.1. The molecular weight excluding hydrogens is 326 g/mol. The monoisotopic (exact) mass is 359 g/mol. The number of benzene rings is 1. The number of carbonyl (C=O) groups is 1. The molecule has 0 N–H and O–H groups in total. The minimum Gasteiger partial charge on any atom is -0.493 e. The van der Waals surface area contributed by atoms with Crippen LogP contribution in [-0.2, 0) is 4.79 Å². The molecule has 0 saturated carbocycles. The van der Waals surface area contributed by atoms with E-state index in [1.165, 1.54) is 6.42 Å². The second kappa shape index (κ2) is 9.93. The van der Waals surface area contributed by atoms with Crippen LogP contribution in [-0.4, -0.2) is 79.6 Å². The molecule has 144 valence electrons. The van der Waals surface area contributed by atoms with Crippen LogP contribution in [0.1, 0.15) is 32.1 Å². The number of amides is 1. The van der Waals surface area contributed by atoms with E-state index in [1.54, 1.807) is 0 Å². The Hall–Kier alpha value is -1.59.